The molecule has 1 aliphatic carbocycles. The van der Waals surface area contributed by atoms with Crippen LogP contribution in [0.3, 0.4) is 0 Å². The first-order chi connectivity index (χ1) is 18.1. The quantitative estimate of drug-likeness (QED) is 0.316. The molecule has 2 fully saturated rings. The van der Waals surface area contributed by atoms with E-state index in [0.717, 1.165) is 10.6 Å². The zero-order valence-corrected chi connectivity index (χ0v) is 28.8. The van der Waals surface area contributed by atoms with E-state index in [0.29, 0.717) is 0 Å². The number of hydroxylamine groups is 2. The highest BCUT2D eigenvalue weighted by atomic mass is 28.4. The van der Waals surface area contributed by atoms with Crippen molar-refractivity contribution in [3.63, 3.8) is 0 Å². The van der Waals surface area contributed by atoms with E-state index >= 15 is 0 Å². The molecule has 5 atom stereocenters. The SMILES string of the molecule is CC(C)(C)[Si](C)(C)O[C@H]1[C@@H](O[Si](C)(C)C)[C@@]2(CC(=O)N2OCc2ccccc2)[C@H](O)C(=O)[C@@]1(C#N)O[Si](C)(C)C. The van der Waals surface area contributed by atoms with Gasteiger partial charge < -0.3 is 18.4 Å². The van der Waals surface area contributed by atoms with E-state index in [2.05, 4.69) is 26.8 Å². The van der Waals surface area contributed by atoms with Crippen LogP contribution in [-0.2, 0) is 34.3 Å². The Labute approximate surface area is 242 Å². The standard InChI is InChI=1S/C28H46N2O7Si3/c1-26(2,3)40(10,11)36-25-24(35-38(4,5)6)27(22(32)23(33)28(25,19-29)37-39(7,8)9)17-21(31)30(27)34-18-20-15-13-12-14-16-20/h12-16,22,24-25,32H,17-18H2,1-11H3/t22-,24-,25+,27-,28-/m1/s1. The number of rotatable bonds is 9. The van der Waals surface area contributed by atoms with Crippen LogP contribution in [0.2, 0.25) is 57.4 Å². The first kappa shape index (κ1) is 32.8. The molecule has 1 heterocycles. The summed E-state index contributed by atoms with van der Waals surface area (Å²) in [7, 11) is -7.66. The fraction of sp³-hybridized carbons (Fsp3) is 0.679. The second kappa shape index (κ2) is 10.9. The smallest absolute Gasteiger partial charge is 0.249 e. The van der Waals surface area contributed by atoms with Crippen LogP contribution in [0.15, 0.2) is 30.3 Å². The highest BCUT2D eigenvalue weighted by Gasteiger charge is 2.76. The van der Waals surface area contributed by atoms with Crippen molar-refractivity contribution in [3.05, 3.63) is 35.9 Å². The van der Waals surface area contributed by atoms with Crippen LogP contribution in [0.25, 0.3) is 0 Å². The van der Waals surface area contributed by atoms with Gasteiger partial charge in [0.15, 0.2) is 25.0 Å². The van der Waals surface area contributed by atoms with E-state index in [9.17, 15) is 20.0 Å². The minimum atomic E-state index is -2.66. The Morgan fingerprint density at radius 2 is 1.55 bits per heavy atom. The van der Waals surface area contributed by atoms with Crippen molar-refractivity contribution in [2.24, 2.45) is 0 Å². The Bertz CT molecular complexity index is 1150. The van der Waals surface area contributed by atoms with E-state index in [4.69, 9.17) is 18.1 Å². The van der Waals surface area contributed by atoms with Crippen molar-refractivity contribution in [1.29, 1.82) is 5.26 Å². The number of hydrogen-bond donors (Lipinski definition) is 1. The average molecular weight is 607 g/mol. The zero-order chi connectivity index (χ0) is 30.5. The number of Topliss-reactive ketones (excluding diaryl/α,β-unsaturated/α-hetero) is 1. The molecule has 2 aliphatic rings. The summed E-state index contributed by atoms with van der Waals surface area (Å²) in [5, 5.41) is 23.3. The van der Waals surface area contributed by atoms with Crippen LogP contribution in [0.4, 0.5) is 0 Å². The Morgan fingerprint density at radius 3 is 2.00 bits per heavy atom. The maximum Gasteiger partial charge on any atom is 0.249 e. The average Bonchev–Trinajstić information content (AvgIpc) is 2.80. The Morgan fingerprint density at radius 1 is 0.975 bits per heavy atom. The molecule has 0 bridgehead atoms. The van der Waals surface area contributed by atoms with Crippen molar-refractivity contribution in [2.45, 2.75) is 121 Å². The Hall–Kier alpha value is -1.70. The molecule has 1 spiro atoms. The van der Waals surface area contributed by atoms with Crippen LogP contribution in [0.5, 0.6) is 0 Å². The van der Waals surface area contributed by atoms with Crippen molar-refractivity contribution in [1.82, 2.24) is 5.06 Å². The van der Waals surface area contributed by atoms with E-state index in [-0.39, 0.29) is 24.0 Å². The van der Waals surface area contributed by atoms with Gasteiger partial charge in [-0.2, -0.15) is 5.26 Å². The van der Waals surface area contributed by atoms with Gasteiger partial charge in [0.25, 0.3) is 0 Å². The topological polar surface area (TPSA) is 118 Å². The van der Waals surface area contributed by atoms with Crippen LogP contribution >= 0.6 is 0 Å². The minimum Gasteiger partial charge on any atom is -0.409 e. The Balaban J connectivity index is 2.24. The largest absolute Gasteiger partial charge is 0.409 e. The summed E-state index contributed by atoms with van der Waals surface area (Å²) < 4.78 is 20.1. The van der Waals surface area contributed by atoms with Gasteiger partial charge in [0, 0.05) is 0 Å². The van der Waals surface area contributed by atoms with E-state index in [1.54, 1.807) is 0 Å². The van der Waals surface area contributed by atoms with Gasteiger partial charge >= 0.3 is 0 Å². The molecule has 1 saturated heterocycles. The van der Waals surface area contributed by atoms with Gasteiger partial charge in [0.1, 0.15) is 36.5 Å². The number of carbonyl (C=O) groups is 2. The number of aliphatic hydroxyl groups excluding tert-OH is 1. The molecule has 9 nitrogen and oxygen atoms in total. The highest BCUT2D eigenvalue weighted by molar-refractivity contribution is 6.74. The van der Waals surface area contributed by atoms with Crippen LogP contribution in [-0.4, -0.2) is 76.3 Å². The molecule has 222 valence electrons. The van der Waals surface area contributed by atoms with Crippen LogP contribution in [0.1, 0.15) is 32.8 Å². The first-order valence-electron chi connectivity index (χ1n) is 13.8. The number of nitriles is 1. The monoisotopic (exact) mass is 606 g/mol. The maximum absolute atomic E-state index is 14.3. The number of aliphatic hydroxyl groups is 1. The van der Waals surface area contributed by atoms with Gasteiger partial charge in [0.2, 0.25) is 17.3 Å². The second-order valence-corrected chi connectivity index (χ2v) is 28.0. The summed E-state index contributed by atoms with van der Waals surface area (Å²) >= 11 is 0. The van der Waals surface area contributed by atoms with Crippen LogP contribution in [0, 0.1) is 11.3 Å². The number of hydrogen-bond acceptors (Lipinski definition) is 8. The first-order valence-corrected chi connectivity index (χ1v) is 23.5. The highest BCUT2D eigenvalue weighted by Crippen LogP contribution is 2.52. The van der Waals surface area contributed by atoms with E-state index in [1.165, 1.54) is 0 Å². The number of benzene rings is 1. The minimum absolute atomic E-state index is 0.0530. The van der Waals surface area contributed by atoms with Crippen molar-refractivity contribution < 1.29 is 32.8 Å². The summed E-state index contributed by atoms with van der Waals surface area (Å²) in [6.45, 7) is 21.9. The predicted octanol–water partition coefficient (Wildman–Crippen LogP) is 4.76. The molecule has 1 saturated carbocycles. The molecular weight excluding hydrogens is 561 g/mol. The zero-order valence-electron chi connectivity index (χ0n) is 25.8. The molecule has 0 unspecified atom stereocenters. The molecule has 1 aliphatic heterocycles. The van der Waals surface area contributed by atoms with Gasteiger partial charge in [-0.15, -0.1) is 0 Å². The van der Waals surface area contributed by atoms with E-state index in [1.807, 2.05) is 82.7 Å². The molecule has 3 rings (SSSR count). The molecule has 12 heteroatoms. The summed E-state index contributed by atoms with van der Waals surface area (Å²) in [6.07, 6.45) is -4.21. The normalized spacial score (nSPS) is 29.9. The van der Waals surface area contributed by atoms with Gasteiger partial charge in [-0.25, -0.2) is 5.06 Å². The fourth-order valence-corrected chi connectivity index (χ4v) is 8.57. The molecule has 40 heavy (non-hydrogen) atoms. The fourth-order valence-electron chi connectivity index (χ4n) is 4.97. The molecular formula is C28H46N2O7Si3. The number of nitrogens with zero attached hydrogens (tertiary/aromatic N) is 2. The molecule has 1 aromatic rings. The lowest BCUT2D eigenvalue weighted by Crippen LogP contribution is -2.86. The Kier molecular flexibility index (Phi) is 8.90. The van der Waals surface area contributed by atoms with Gasteiger partial charge in [-0.05, 0) is 63.0 Å². The molecule has 0 radical (unpaired) electrons. The maximum atomic E-state index is 14.3. The number of carbonyl (C=O) groups excluding carboxylic acids is 2. The molecule has 1 N–H and O–H groups in total. The molecule has 0 aromatic heterocycles. The van der Waals surface area contributed by atoms with Gasteiger partial charge in [-0.1, -0.05) is 51.1 Å². The lowest BCUT2D eigenvalue weighted by atomic mass is 9.63. The van der Waals surface area contributed by atoms with Crippen molar-refractivity contribution in [2.75, 3.05) is 0 Å². The summed E-state index contributed by atoms with van der Waals surface area (Å²) in [5.74, 6) is -1.20. The van der Waals surface area contributed by atoms with E-state index < -0.39 is 60.2 Å². The second-order valence-electron chi connectivity index (χ2n) is 14.4. The third kappa shape index (κ3) is 6.07. The van der Waals surface area contributed by atoms with Gasteiger partial charge in [-0.3, -0.25) is 14.4 Å². The molecule has 1 amide bonds. The van der Waals surface area contributed by atoms with Crippen LogP contribution < -0.4 is 0 Å². The predicted molar refractivity (Wildman–Crippen MR) is 160 cm³/mol. The lowest BCUT2D eigenvalue weighted by Gasteiger charge is -2.63. The number of ketones is 1. The third-order valence-corrected chi connectivity index (χ3v) is 14.2. The molecule has 1 aromatic carbocycles. The van der Waals surface area contributed by atoms with Crippen molar-refractivity contribution >= 4 is 36.6 Å². The third-order valence-electron chi connectivity index (χ3n) is 7.84. The number of β-lactam (4-membered cyclic amide) rings is 1. The summed E-state index contributed by atoms with van der Waals surface area (Å²) in [5.41, 5.74) is -2.86. The summed E-state index contributed by atoms with van der Waals surface area (Å²) in [4.78, 5) is 33.4. The van der Waals surface area contributed by atoms with Gasteiger partial charge in [0.05, 0.1) is 6.42 Å². The number of amides is 1. The van der Waals surface area contributed by atoms with Crippen molar-refractivity contribution in [3.8, 4) is 6.07 Å². The summed E-state index contributed by atoms with van der Waals surface area (Å²) in [6, 6.07) is 11.5. The lowest BCUT2D eigenvalue weighted by molar-refractivity contribution is -0.314.